The van der Waals surface area contributed by atoms with Crippen LogP contribution in [0.25, 0.3) is 11.0 Å². The van der Waals surface area contributed by atoms with Gasteiger partial charge in [-0.05, 0) is 32.9 Å². The van der Waals surface area contributed by atoms with Crippen LogP contribution in [0.15, 0.2) is 18.5 Å². The molecule has 0 radical (unpaired) electrons. The molecule has 0 aliphatic carbocycles. The van der Waals surface area contributed by atoms with Crippen molar-refractivity contribution in [3.05, 3.63) is 24.3 Å². The molecule has 0 atom stereocenters. The Hall–Kier alpha value is -1.42. The molecule has 2 heterocycles. The molecule has 0 fully saturated rings. The molecular formula is C12H18N4. The van der Waals surface area contributed by atoms with E-state index in [2.05, 4.69) is 28.4 Å². The van der Waals surface area contributed by atoms with Crippen LogP contribution in [0.3, 0.4) is 0 Å². The minimum atomic E-state index is 0.417. The van der Waals surface area contributed by atoms with Crippen molar-refractivity contribution >= 4 is 11.0 Å². The van der Waals surface area contributed by atoms with Crippen LogP contribution in [0.5, 0.6) is 0 Å². The predicted molar refractivity (Wildman–Crippen MR) is 65.3 cm³/mol. The van der Waals surface area contributed by atoms with Gasteiger partial charge in [0, 0.05) is 18.7 Å². The van der Waals surface area contributed by atoms with Gasteiger partial charge in [0.1, 0.15) is 11.3 Å². The third-order valence-corrected chi connectivity index (χ3v) is 2.69. The fraction of sp³-hybridized carbons (Fsp3) is 0.500. The molecule has 0 saturated heterocycles. The number of hydrogen-bond acceptors (Lipinski definition) is 3. The molecule has 4 nitrogen and oxygen atoms in total. The molecule has 2 aromatic rings. The highest BCUT2D eigenvalue weighted by molar-refractivity contribution is 5.74. The van der Waals surface area contributed by atoms with Crippen LogP contribution >= 0.6 is 0 Å². The van der Waals surface area contributed by atoms with Crippen molar-refractivity contribution in [1.82, 2.24) is 14.5 Å². The van der Waals surface area contributed by atoms with Crippen molar-refractivity contribution in [3.8, 4) is 0 Å². The standard InChI is InChI=1S/C12H18N4/c1-9(2)16-11-5-7-14-8-10(11)15-12(16)4-3-6-13/h5,7-9H,3-4,6,13H2,1-2H3. The first-order valence-electron chi connectivity index (χ1n) is 5.75. The summed E-state index contributed by atoms with van der Waals surface area (Å²) in [6.07, 6.45) is 5.54. The summed E-state index contributed by atoms with van der Waals surface area (Å²) in [5.41, 5.74) is 7.69. The Morgan fingerprint density at radius 1 is 1.44 bits per heavy atom. The highest BCUT2D eigenvalue weighted by atomic mass is 15.1. The number of aryl methyl sites for hydroxylation is 1. The molecule has 16 heavy (non-hydrogen) atoms. The normalized spacial score (nSPS) is 11.5. The summed E-state index contributed by atoms with van der Waals surface area (Å²) < 4.78 is 2.27. The summed E-state index contributed by atoms with van der Waals surface area (Å²) in [4.78, 5) is 8.72. The van der Waals surface area contributed by atoms with E-state index in [-0.39, 0.29) is 0 Å². The maximum absolute atomic E-state index is 5.55. The van der Waals surface area contributed by atoms with Gasteiger partial charge in [0.2, 0.25) is 0 Å². The second-order valence-electron chi connectivity index (χ2n) is 4.25. The third kappa shape index (κ3) is 1.93. The Morgan fingerprint density at radius 2 is 2.25 bits per heavy atom. The van der Waals surface area contributed by atoms with Crippen LogP contribution < -0.4 is 5.73 Å². The molecule has 86 valence electrons. The quantitative estimate of drug-likeness (QED) is 0.852. The van der Waals surface area contributed by atoms with Gasteiger partial charge in [-0.3, -0.25) is 4.98 Å². The van der Waals surface area contributed by atoms with Crippen LogP contribution in [0, 0.1) is 0 Å². The molecular weight excluding hydrogens is 200 g/mol. The summed E-state index contributed by atoms with van der Waals surface area (Å²) in [5.74, 6) is 1.11. The SMILES string of the molecule is CC(C)n1c(CCCN)nc2cnccc21. The van der Waals surface area contributed by atoms with E-state index in [1.807, 2.05) is 18.5 Å². The average Bonchev–Trinajstić information content (AvgIpc) is 2.64. The lowest BCUT2D eigenvalue weighted by Crippen LogP contribution is -2.09. The van der Waals surface area contributed by atoms with Crippen molar-refractivity contribution in [2.75, 3.05) is 6.54 Å². The predicted octanol–water partition coefficient (Wildman–Crippen LogP) is 1.90. The van der Waals surface area contributed by atoms with E-state index in [1.165, 1.54) is 0 Å². The Kier molecular flexibility index (Phi) is 3.19. The molecule has 0 aromatic carbocycles. The number of nitrogens with zero attached hydrogens (tertiary/aromatic N) is 3. The second-order valence-corrected chi connectivity index (χ2v) is 4.25. The van der Waals surface area contributed by atoms with Crippen molar-refractivity contribution in [1.29, 1.82) is 0 Å². The summed E-state index contributed by atoms with van der Waals surface area (Å²) in [6, 6.07) is 2.44. The molecule has 0 aliphatic rings. The van der Waals surface area contributed by atoms with Gasteiger partial charge in [-0.1, -0.05) is 0 Å². The second kappa shape index (κ2) is 4.61. The van der Waals surface area contributed by atoms with E-state index < -0.39 is 0 Å². The Balaban J connectivity index is 2.50. The van der Waals surface area contributed by atoms with E-state index in [1.54, 1.807) is 0 Å². The van der Waals surface area contributed by atoms with E-state index in [0.717, 1.165) is 29.7 Å². The zero-order valence-corrected chi connectivity index (χ0v) is 9.85. The van der Waals surface area contributed by atoms with Gasteiger partial charge in [0.25, 0.3) is 0 Å². The molecule has 0 bridgehead atoms. The fourth-order valence-corrected chi connectivity index (χ4v) is 2.01. The first-order valence-corrected chi connectivity index (χ1v) is 5.75. The monoisotopic (exact) mass is 218 g/mol. The van der Waals surface area contributed by atoms with Gasteiger partial charge >= 0.3 is 0 Å². The van der Waals surface area contributed by atoms with Gasteiger partial charge in [-0.25, -0.2) is 4.98 Å². The molecule has 0 saturated carbocycles. The number of imidazole rings is 1. The smallest absolute Gasteiger partial charge is 0.110 e. The number of pyridine rings is 1. The summed E-state index contributed by atoms with van der Waals surface area (Å²) in [7, 11) is 0. The number of aromatic nitrogens is 3. The Labute approximate surface area is 95.5 Å². The van der Waals surface area contributed by atoms with E-state index in [4.69, 9.17) is 5.73 Å². The molecule has 2 rings (SSSR count). The van der Waals surface area contributed by atoms with Crippen LogP contribution in [0.4, 0.5) is 0 Å². The van der Waals surface area contributed by atoms with Gasteiger partial charge in [-0.2, -0.15) is 0 Å². The number of hydrogen-bond donors (Lipinski definition) is 1. The first kappa shape index (κ1) is 11.1. The van der Waals surface area contributed by atoms with Gasteiger partial charge < -0.3 is 10.3 Å². The molecule has 4 heteroatoms. The van der Waals surface area contributed by atoms with Gasteiger partial charge in [0.15, 0.2) is 0 Å². The van der Waals surface area contributed by atoms with Crippen LogP contribution in [0.1, 0.15) is 32.1 Å². The molecule has 0 spiro atoms. The zero-order chi connectivity index (χ0) is 11.5. The van der Waals surface area contributed by atoms with Crippen molar-refractivity contribution in [3.63, 3.8) is 0 Å². The van der Waals surface area contributed by atoms with Crippen molar-refractivity contribution < 1.29 is 0 Å². The summed E-state index contributed by atoms with van der Waals surface area (Å²) >= 11 is 0. The fourth-order valence-electron chi connectivity index (χ4n) is 2.01. The van der Waals surface area contributed by atoms with Crippen LogP contribution in [0.2, 0.25) is 0 Å². The first-order chi connectivity index (χ1) is 7.74. The molecule has 0 aliphatic heterocycles. The van der Waals surface area contributed by atoms with Crippen molar-refractivity contribution in [2.45, 2.75) is 32.7 Å². The third-order valence-electron chi connectivity index (χ3n) is 2.69. The Morgan fingerprint density at radius 3 is 2.94 bits per heavy atom. The van der Waals surface area contributed by atoms with E-state index >= 15 is 0 Å². The highest BCUT2D eigenvalue weighted by Crippen LogP contribution is 2.20. The summed E-state index contributed by atoms with van der Waals surface area (Å²) in [5, 5.41) is 0. The van der Waals surface area contributed by atoms with Crippen molar-refractivity contribution in [2.24, 2.45) is 5.73 Å². The summed E-state index contributed by atoms with van der Waals surface area (Å²) in [6.45, 7) is 5.06. The average molecular weight is 218 g/mol. The largest absolute Gasteiger partial charge is 0.330 e. The maximum Gasteiger partial charge on any atom is 0.110 e. The molecule has 0 amide bonds. The van der Waals surface area contributed by atoms with Crippen LogP contribution in [-0.4, -0.2) is 21.1 Å². The zero-order valence-electron chi connectivity index (χ0n) is 9.85. The molecule has 2 N–H and O–H groups in total. The lowest BCUT2D eigenvalue weighted by Gasteiger charge is -2.12. The Bertz CT molecular complexity index is 473. The highest BCUT2D eigenvalue weighted by Gasteiger charge is 2.12. The van der Waals surface area contributed by atoms with E-state index in [9.17, 15) is 0 Å². The molecule has 2 aromatic heterocycles. The number of fused-ring (bicyclic) bond motifs is 1. The number of nitrogens with two attached hydrogens (primary N) is 1. The van der Waals surface area contributed by atoms with Gasteiger partial charge in [0.05, 0.1) is 11.7 Å². The number of rotatable bonds is 4. The van der Waals surface area contributed by atoms with Gasteiger partial charge in [-0.15, -0.1) is 0 Å². The molecule has 0 unspecified atom stereocenters. The lowest BCUT2D eigenvalue weighted by molar-refractivity contribution is 0.577. The maximum atomic E-state index is 5.55. The topological polar surface area (TPSA) is 56.7 Å². The minimum Gasteiger partial charge on any atom is -0.330 e. The van der Waals surface area contributed by atoms with E-state index in [0.29, 0.717) is 12.6 Å². The minimum absolute atomic E-state index is 0.417. The van der Waals surface area contributed by atoms with Crippen LogP contribution in [-0.2, 0) is 6.42 Å². The lowest BCUT2D eigenvalue weighted by atomic mass is 10.2.